The lowest BCUT2D eigenvalue weighted by atomic mass is 10.2. The summed E-state index contributed by atoms with van der Waals surface area (Å²) in [6.07, 6.45) is 6.51. The van der Waals surface area contributed by atoms with E-state index in [9.17, 15) is 9.59 Å². The Morgan fingerprint density at radius 1 is 1.03 bits per heavy atom. The lowest BCUT2D eigenvalue weighted by molar-refractivity contribution is -0.124. The molecule has 1 aromatic carbocycles. The molecule has 1 aromatic rings. The van der Waals surface area contributed by atoms with Crippen molar-refractivity contribution in [3.05, 3.63) is 34.7 Å². The van der Waals surface area contributed by atoms with Gasteiger partial charge in [-0.1, -0.05) is 38.3 Å². The van der Waals surface area contributed by atoms with E-state index in [1.165, 1.54) is 24.2 Å². The number of unbranched alkanes of at least 4 members (excludes halogenated alkanes) is 3. The summed E-state index contributed by atoms with van der Waals surface area (Å²) >= 11 is 1.02. The summed E-state index contributed by atoms with van der Waals surface area (Å²) in [5, 5.41) is -0.188. The van der Waals surface area contributed by atoms with Gasteiger partial charge in [-0.2, -0.15) is 0 Å². The first-order valence-electron chi connectivity index (χ1n) is 10.5. The molecule has 0 N–H and O–H groups in total. The number of thioether (sulfide) groups is 1. The summed E-state index contributed by atoms with van der Waals surface area (Å²) in [4.78, 5) is 31.3. The number of ether oxygens (including phenoxy) is 1. The summed E-state index contributed by atoms with van der Waals surface area (Å²) in [5.74, 6) is 0.636. The zero-order chi connectivity index (χ0) is 20.6. The minimum atomic E-state index is -0.199. The van der Waals surface area contributed by atoms with E-state index in [0.717, 1.165) is 62.3 Å². The molecule has 0 atom stereocenters. The third kappa shape index (κ3) is 6.32. The number of rotatable bonds is 9. The largest absolute Gasteiger partial charge is 0.494 e. The second kappa shape index (κ2) is 10.8. The zero-order valence-corrected chi connectivity index (χ0v) is 18.2. The number of amides is 2. The third-order valence-corrected chi connectivity index (χ3v) is 6.16. The molecule has 2 heterocycles. The summed E-state index contributed by atoms with van der Waals surface area (Å²) in [5.41, 5.74) is 0.897. The van der Waals surface area contributed by atoms with Crippen LogP contribution in [0.5, 0.6) is 5.75 Å². The molecule has 29 heavy (non-hydrogen) atoms. The number of carbonyl (C=O) groups is 2. The maximum Gasteiger partial charge on any atom is 0.294 e. The smallest absolute Gasteiger partial charge is 0.294 e. The van der Waals surface area contributed by atoms with Crippen molar-refractivity contribution >= 4 is 29.0 Å². The first-order chi connectivity index (χ1) is 14.1. The average Bonchev–Trinajstić information content (AvgIpc) is 2.98. The Kier molecular flexibility index (Phi) is 8.15. The molecule has 7 heteroatoms. The maximum atomic E-state index is 12.7. The molecule has 2 aliphatic heterocycles. The van der Waals surface area contributed by atoms with Gasteiger partial charge in [-0.3, -0.25) is 19.4 Å². The van der Waals surface area contributed by atoms with Gasteiger partial charge in [0.25, 0.3) is 11.1 Å². The molecular formula is C22H31N3O3S. The van der Waals surface area contributed by atoms with Gasteiger partial charge in [0, 0.05) is 26.2 Å². The quantitative estimate of drug-likeness (QED) is 0.449. The van der Waals surface area contributed by atoms with Gasteiger partial charge in [0.15, 0.2) is 0 Å². The normalized spacial score (nSPS) is 20.1. The fraction of sp³-hybridized carbons (Fsp3) is 0.545. The highest BCUT2D eigenvalue weighted by Gasteiger charge is 2.36. The first kappa shape index (κ1) is 21.9. The lowest BCUT2D eigenvalue weighted by Crippen LogP contribution is -2.49. The summed E-state index contributed by atoms with van der Waals surface area (Å²) < 4.78 is 5.76. The van der Waals surface area contributed by atoms with Crippen molar-refractivity contribution in [2.45, 2.75) is 32.6 Å². The molecule has 0 bridgehead atoms. The molecule has 2 saturated heterocycles. The van der Waals surface area contributed by atoms with Gasteiger partial charge in [0.2, 0.25) is 0 Å². The van der Waals surface area contributed by atoms with Gasteiger partial charge in [0.05, 0.1) is 18.2 Å². The number of piperazine rings is 1. The van der Waals surface area contributed by atoms with E-state index in [1.807, 2.05) is 24.3 Å². The molecule has 2 amide bonds. The minimum Gasteiger partial charge on any atom is -0.494 e. The van der Waals surface area contributed by atoms with E-state index in [2.05, 4.69) is 23.8 Å². The predicted molar refractivity (Wildman–Crippen MR) is 118 cm³/mol. The standard InChI is InChI=1S/C22H31N3O3S/c1-3-4-5-6-15-28-19-9-7-18(8-10-19)16-20-21(26)25(22(27)29-20)17-24-13-11-23(2)12-14-24/h7-10,16H,3-6,11-15,17H2,1-2H3. The fourth-order valence-electron chi connectivity index (χ4n) is 3.34. The van der Waals surface area contributed by atoms with Crippen LogP contribution in [0.25, 0.3) is 6.08 Å². The van der Waals surface area contributed by atoms with Crippen LogP contribution >= 0.6 is 11.8 Å². The SMILES string of the molecule is CCCCCCOc1ccc(C=C2SC(=O)N(CN3CCN(C)CC3)C2=O)cc1. The molecule has 0 spiro atoms. The molecule has 0 aliphatic carbocycles. The molecule has 2 fully saturated rings. The van der Waals surface area contributed by atoms with Gasteiger partial charge in [-0.05, 0) is 49.0 Å². The third-order valence-electron chi connectivity index (χ3n) is 5.26. The number of likely N-dealkylation sites (N-methyl/N-ethyl adjacent to an activating group) is 1. The van der Waals surface area contributed by atoms with E-state index in [0.29, 0.717) is 11.6 Å². The van der Waals surface area contributed by atoms with Gasteiger partial charge in [0.1, 0.15) is 5.75 Å². The minimum absolute atomic E-state index is 0.188. The Morgan fingerprint density at radius 3 is 2.45 bits per heavy atom. The van der Waals surface area contributed by atoms with Crippen molar-refractivity contribution in [2.24, 2.45) is 0 Å². The lowest BCUT2D eigenvalue weighted by Gasteiger charge is -2.33. The van der Waals surface area contributed by atoms with Gasteiger partial charge in [-0.25, -0.2) is 0 Å². The topological polar surface area (TPSA) is 53.1 Å². The van der Waals surface area contributed by atoms with Crippen molar-refractivity contribution in [1.82, 2.24) is 14.7 Å². The number of imide groups is 1. The maximum absolute atomic E-state index is 12.7. The predicted octanol–water partition coefficient (Wildman–Crippen LogP) is 3.89. The average molecular weight is 418 g/mol. The van der Waals surface area contributed by atoms with Crippen LogP contribution in [0.15, 0.2) is 29.2 Å². The summed E-state index contributed by atoms with van der Waals surface area (Å²) in [6.45, 7) is 6.96. The van der Waals surface area contributed by atoms with E-state index in [1.54, 1.807) is 6.08 Å². The summed E-state index contributed by atoms with van der Waals surface area (Å²) in [6, 6.07) is 7.69. The molecule has 158 valence electrons. The van der Waals surface area contributed by atoms with Crippen LogP contribution in [0.2, 0.25) is 0 Å². The van der Waals surface area contributed by atoms with E-state index in [4.69, 9.17) is 4.74 Å². The van der Waals surface area contributed by atoms with E-state index in [-0.39, 0.29) is 11.1 Å². The van der Waals surface area contributed by atoms with Crippen LogP contribution in [-0.4, -0.2) is 72.3 Å². The molecule has 2 aliphatic rings. The molecular weight excluding hydrogens is 386 g/mol. The molecule has 0 aromatic heterocycles. The highest BCUT2D eigenvalue weighted by atomic mass is 32.2. The second-order valence-electron chi connectivity index (χ2n) is 7.65. The van der Waals surface area contributed by atoms with Crippen molar-refractivity contribution in [3.8, 4) is 5.75 Å². The van der Waals surface area contributed by atoms with Crippen molar-refractivity contribution in [3.63, 3.8) is 0 Å². The van der Waals surface area contributed by atoms with Crippen LogP contribution in [0.3, 0.4) is 0 Å². The zero-order valence-electron chi connectivity index (χ0n) is 17.4. The highest BCUT2D eigenvalue weighted by molar-refractivity contribution is 8.18. The number of carbonyl (C=O) groups excluding carboxylic acids is 2. The number of nitrogens with zero attached hydrogens (tertiary/aromatic N) is 3. The van der Waals surface area contributed by atoms with E-state index < -0.39 is 0 Å². The first-order valence-corrected chi connectivity index (χ1v) is 11.3. The Bertz CT molecular complexity index is 727. The second-order valence-corrected chi connectivity index (χ2v) is 8.64. The number of hydrogen-bond acceptors (Lipinski definition) is 6. The number of benzene rings is 1. The molecule has 0 saturated carbocycles. The van der Waals surface area contributed by atoms with Gasteiger partial charge < -0.3 is 9.64 Å². The molecule has 6 nitrogen and oxygen atoms in total. The Hall–Kier alpha value is -1.83. The molecule has 3 rings (SSSR count). The van der Waals surface area contributed by atoms with Crippen molar-refractivity contribution < 1.29 is 14.3 Å². The Balaban J connectivity index is 1.53. The van der Waals surface area contributed by atoms with Crippen LogP contribution in [0.1, 0.15) is 38.2 Å². The van der Waals surface area contributed by atoms with Gasteiger partial charge >= 0.3 is 0 Å². The molecule has 0 radical (unpaired) electrons. The number of hydrogen-bond donors (Lipinski definition) is 0. The van der Waals surface area contributed by atoms with Crippen molar-refractivity contribution in [1.29, 1.82) is 0 Å². The summed E-state index contributed by atoms with van der Waals surface area (Å²) in [7, 11) is 2.09. The van der Waals surface area contributed by atoms with Crippen LogP contribution in [0.4, 0.5) is 4.79 Å². The van der Waals surface area contributed by atoms with E-state index >= 15 is 0 Å². The Morgan fingerprint density at radius 2 is 1.76 bits per heavy atom. The van der Waals surface area contributed by atoms with Crippen LogP contribution in [0, 0.1) is 0 Å². The van der Waals surface area contributed by atoms with Crippen molar-refractivity contribution in [2.75, 3.05) is 46.5 Å². The highest BCUT2D eigenvalue weighted by Crippen LogP contribution is 2.32. The Labute approximate surface area is 177 Å². The molecule has 0 unspecified atom stereocenters. The van der Waals surface area contributed by atoms with Crippen LogP contribution < -0.4 is 4.74 Å². The van der Waals surface area contributed by atoms with Gasteiger partial charge in [-0.15, -0.1) is 0 Å². The monoisotopic (exact) mass is 417 g/mol. The fourth-order valence-corrected chi connectivity index (χ4v) is 4.17. The van der Waals surface area contributed by atoms with Crippen LogP contribution in [-0.2, 0) is 4.79 Å².